The van der Waals surface area contributed by atoms with Gasteiger partial charge < -0.3 is 10.2 Å². The first-order chi connectivity index (χ1) is 8.16. The lowest BCUT2D eigenvalue weighted by molar-refractivity contribution is -0.114. The Morgan fingerprint density at radius 2 is 2.06 bits per heavy atom. The SMILES string of the molecule is CNCCCN1C(=O)C(=O)c2cccc(C)c21. The second-order valence-corrected chi connectivity index (χ2v) is 4.21. The molecule has 0 aliphatic carbocycles. The fourth-order valence-corrected chi connectivity index (χ4v) is 2.17. The maximum Gasteiger partial charge on any atom is 0.299 e. The highest BCUT2D eigenvalue weighted by molar-refractivity contribution is 6.52. The number of amides is 1. The van der Waals surface area contributed by atoms with E-state index in [4.69, 9.17) is 0 Å². The number of hydrogen-bond donors (Lipinski definition) is 1. The molecular weight excluding hydrogens is 216 g/mol. The molecule has 0 bridgehead atoms. The van der Waals surface area contributed by atoms with Gasteiger partial charge in [0, 0.05) is 6.54 Å². The molecule has 0 saturated carbocycles. The van der Waals surface area contributed by atoms with Crippen LogP contribution in [0.3, 0.4) is 0 Å². The number of carbonyl (C=O) groups excluding carboxylic acids is 2. The summed E-state index contributed by atoms with van der Waals surface area (Å²) >= 11 is 0. The molecule has 1 aromatic carbocycles. The van der Waals surface area contributed by atoms with Crippen molar-refractivity contribution in [2.45, 2.75) is 13.3 Å². The summed E-state index contributed by atoms with van der Waals surface area (Å²) in [5, 5.41) is 3.03. The van der Waals surface area contributed by atoms with Gasteiger partial charge in [0.1, 0.15) is 0 Å². The molecule has 0 saturated heterocycles. The predicted molar refractivity (Wildman–Crippen MR) is 66.4 cm³/mol. The summed E-state index contributed by atoms with van der Waals surface area (Å²) in [6.45, 7) is 3.35. The number of fused-ring (bicyclic) bond motifs is 1. The number of benzene rings is 1. The van der Waals surface area contributed by atoms with Gasteiger partial charge in [0.05, 0.1) is 11.3 Å². The molecule has 90 valence electrons. The van der Waals surface area contributed by atoms with E-state index in [1.807, 2.05) is 26.1 Å². The summed E-state index contributed by atoms with van der Waals surface area (Å²) in [7, 11) is 1.87. The minimum atomic E-state index is -0.398. The summed E-state index contributed by atoms with van der Waals surface area (Å²) in [6, 6.07) is 5.47. The molecule has 0 unspecified atom stereocenters. The molecule has 4 heteroatoms. The molecule has 0 spiro atoms. The van der Waals surface area contributed by atoms with Crippen molar-refractivity contribution in [2.24, 2.45) is 0 Å². The fourth-order valence-electron chi connectivity index (χ4n) is 2.17. The van der Waals surface area contributed by atoms with Gasteiger partial charge in [0.15, 0.2) is 0 Å². The van der Waals surface area contributed by atoms with Crippen molar-refractivity contribution in [1.29, 1.82) is 0 Å². The van der Waals surface area contributed by atoms with Crippen LogP contribution in [0.25, 0.3) is 0 Å². The van der Waals surface area contributed by atoms with Crippen LogP contribution in [0.15, 0.2) is 18.2 Å². The number of nitrogens with one attached hydrogen (secondary N) is 1. The van der Waals surface area contributed by atoms with Gasteiger partial charge in [-0.1, -0.05) is 12.1 Å². The maximum absolute atomic E-state index is 11.9. The highest BCUT2D eigenvalue weighted by atomic mass is 16.2. The molecule has 0 atom stereocenters. The third-order valence-electron chi connectivity index (χ3n) is 3.00. The molecule has 1 amide bonds. The summed E-state index contributed by atoms with van der Waals surface area (Å²) in [6.07, 6.45) is 0.837. The molecule has 2 rings (SSSR count). The van der Waals surface area contributed by atoms with Crippen molar-refractivity contribution >= 4 is 17.4 Å². The van der Waals surface area contributed by atoms with Crippen LogP contribution >= 0.6 is 0 Å². The van der Waals surface area contributed by atoms with Gasteiger partial charge in [0.25, 0.3) is 11.7 Å². The van der Waals surface area contributed by atoms with Gasteiger partial charge in [0.2, 0.25) is 0 Å². The number of ketones is 1. The number of anilines is 1. The molecule has 17 heavy (non-hydrogen) atoms. The van der Waals surface area contributed by atoms with Gasteiger partial charge in [-0.15, -0.1) is 0 Å². The number of para-hydroxylation sites is 1. The highest BCUT2D eigenvalue weighted by Crippen LogP contribution is 2.31. The van der Waals surface area contributed by atoms with Crippen molar-refractivity contribution < 1.29 is 9.59 Å². The van der Waals surface area contributed by atoms with Crippen molar-refractivity contribution in [3.8, 4) is 0 Å². The quantitative estimate of drug-likeness (QED) is 0.625. The second-order valence-electron chi connectivity index (χ2n) is 4.21. The number of nitrogens with zero attached hydrogens (tertiary/aromatic N) is 1. The van der Waals surface area contributed by atoms with E-state index in [-0.39, 0.29) is 5.78 Å². The zero-order valence-corrected chi connectivity index (χ0v) is 10.1. The minimum absolute atomic E-state index is 0.381. The van der Waals surface area contributed by atoms with E-state index in [1.165, 1.54) is 0 Å². The zero-order chi connectivity index (χ0) is 12.4. The van der Waals surface area contributed by atoms with Crippen molar-refractivity contribution in [2.75, 3.05) is 25.0 Å². The topological polar surface area (TPSA) is 49.4 Å². The van der Waals surface area contributed by atoms with Crippen molar-refractivity contribution in [3.63, 3.8) is 0 Å². The Bertz CT molecular complexity index is 468. The Morgan fingerprint density at radius 3 is 2.76 bits per heavy atom. The Morgan fingerprint density at radius 1 is 1.29 bits per heavy atom. The Kier molecular flexibility index (Phi) is 3.24. The van der Waals surface area contributed by atoms with Crippen LogP contribution in [-0.2, 0) is 4.79 Å². The van der Waals surface area contributed by atoms with E-state index >= 15 is 0 Å². The monoisotopic (exact) mass is 232 g/mol. The molecule has 0 aromatic heterocycles. The fraction of sp³-hybridized carbons (Fsp3) is 0.385. The standard InChI is InChI=1S/C13H16N2O2/c1-9-5-3-6-10-11(9)15(8-4-7-14-2)13(17)12(10)16/h3,5-6,14H,4,7-8H2,1-2H3. The molecule has 1 aliphatic rings. The summed E-state index contributed by atoms with van der Waals surface area (Å²) in [5.74, 6) is -0.779. The third kappa shape index (κ3) is 1.96. The average Bonchev–Trinajstić information content (AvgIpc) is 2.56. The van der Waals surface area contributed by atoms with Gasteiger partial charge >= 0.3 is 0 Å². The van der Waals surface area contributed by atoms with Gasteiger partial charge in [-0.2, -0.15) is 0 Å². The second kappa shape index (κ2) is 4.67. The molecule has 1 aliphatic heterocycles. The van der Waals surface area contributed by atoms with Crippen LogP contribution < -0.4 is 10.2 Å². The number of aryl methyl sites for hydroxylation is 1. The maximum atomic E-state index is 11.9. The van der Waals surface area contributed by atoms with E-state index in [1.54, 1.807) is 11.0 Å². The van der Waals surface area contributed by atoms with Crippen LogP contribution in [0.5, 0.6) is 0 Å². The molecule has 1 aromatic rings. The van der Waals surface area contributed by atoms with Gasteiger partial charge in [-0.3, -0.25) is 9.59 Å². The normalized spacial score (nSPS) is 14.4. The number of carbonyl (C=O) groups is 2. The van der Waals surface area contributed by atoms with E-state index in [0.717, 1.165) is 24.2 Å². The Labute approximate surface area is 101 Å². The van der Waals surface area contributed by atoms with Gasteiger partial charge in [-0.05, 0) is 38.6 Å². The number of hydrogen-bond acceptors (Lipinski definition) is 3. The summed E-state index contributed by atoms with van der Waals surface area (Å²) in [4.78, 5) is 25.3. The van der Waals surface area contributed by atoms with Crippen LogP contribution in [0.1, 0.15) is 22.3 Å². The summed E-state index contributed by atoms with van der Waals surface area (Å²) < 4.78 is 0. The van der Waals surface area contributed by atoms with Crippen LogP contribution in [0.4, 0.5) is 5.69 Å². The average molecular weight is 232 g/mol. The lowest BCUT2D eigenvalue weighted by Gasteiger charge is -2.18. The van der Waals surface area contributed by atoms with E-state index in [2.05, 4.69) is 5.32 Å². The number of Topliss-reactive ketones (excluding diaryl/α,β-unsaturated/α-hetero) is 1. The molecule has 4 nitrogen and oxygen atoms in total. The summed E-state index contributed by atoms with van der Waals surface area (Å²) in [5.41, 5.74) is 2.31. The van der Waals surface area contributed by atoms with E-state index in [9.17, 15) is 9.59 Å². The molecule has 1 N–H and O–H groups in total. The lowest BCUT2D eigenvalue weighted by Crippen LogP contribution is -2.32. The molecule has 0 fully saturated rings. The first-order valence-electron chi connectivity index (χ1n) is 5.77. The molecule has 0 radical (unpaired) electrons. The number of rotatable bonds is 4. The largest absolute Gasteiger partial charge is 0.320 e. The molecule has 1 heterocycles. The molecular formula is C13H16N2O2. The van der Waals surface area contributed by atoms with Crippen LogP contribution in [-0.4, -0.2) is 31.8 Å². The van der Waals surface area contributed by atoms with Crippen LogP contribution in [0, 0.1) is 6.92 Å². The van der Waals surface area contributed by atoms with Crippen molar-refractivity contribution in [3.05, 3.63) is 29.3 Å². The van der Waals surface area contributed by atoms with Crippen LogP contribution in [0.2, 0.25) is 0 Å². The smallest absolute Gasteiger partial charge is 0.299 e. The lowest BCUT2D eigenvalue weighted by atomic mass is 10.1. The van der Waals surface area contributed by atoms with Crippen molar-refractivity contribution in [1.82, 2.24) is 5.32 Å². The predicted octanol–water partition coefficient (Wildman–Crippen LogP) is 1.13. The van der Waals surface area contributed by atoms with E-state index < -0.39 is 5.91 Å². The Balaban J connectivity index is 2.30. The first-order valence-corrected chi connectivity index (χ1v) is 5.77. The van der Waals surface area contributed by atoms with E-state index in [0.29, 0.717) is 12.1 Å². The first kappa shape index (κ1) is 11.8. The van der Waals surface area contributed by atoms with Gasteiger partial charge in [-0.25, -0.2) is 0 Å². The Hall–Kier alpha value is -1.68. The minimum Gasteiger partial charge on any atom is -0.320 e. The highest BCUT2D eigenvalue weighted by Gasteiger charge is 2.36. The zero-order valence-electron chi connectivity index (χ0n) is 10.1. The third-order valence-corrected chi connectivity index (χ3v) is 3.00.